The first-order valence-corrected chi connectivity index (χ1v) is 5.74. The Morgan fingerprint density at radius 1 is 0.789 bits per heavy atom. The highest BCUT2D eigenvalue weighted by molar-refractivity contribution is 5.83. The standard InChI is InChI=1S/C16H8N2O/c17-9-11-1-4-13(5-2-11)16-8-14-6-3-12(10-18)7-15(14)19-16/h1-8H. The molecular weight excluding hydrogens is 236 g/mol. The molecule has 3 nitrogen and oxygen atoms in total. The zero-order valence-electron chi connectivity index (χ0n) is 9.92. The molecule has 19 heavy (non-hydrogen) atoms. The van der Waals surface area contributed by atoms with Crippen LogP contribution in [-0.4, -0.2) is 0 Å². The van der Waals surface area contributed by atoms with Crippen molar-refractivity contribution in [2.45, 2.75) is 0 Å². The van der Waals surface area contributed by atoms with Gasteiger partial charge in [-0.25, -0.2) is 0 Å². The summed E-state index contributed by atoms with van der Waals surface area (Å²) < 4.78 is 5.74. The maximum Gasteiger partial charge on any atom is 0.136 e. The Morgan fingerprint density at radius 3 is 2.16 bits per heavy atom. The van der Waals surface area contributed by atoms with Crippen molar-refractivity contribution in [2.75, 3.05) is 0 Å². The zero-order valence-corrected chi connectivity index (χ0v) is 9.92. The molecule has 1 heterocycles. The Kier molecular flexibility index (Phi) is 2.52. The van der Waals surface area contributed by atoms with Gasteiger partial charge in [0.25, 0.3) is 0 Å². The van der Waals surface area contributed by atoms with Crippen molar-refractivity contribution in [1.82, 2.24) is 0 Å². The molecule has 88 valence electrons. The fourth-order valence-electron chi connectivity index (χ4n) is 1.95. The van der Waals surface area contributed by atoms with Gasteiger partial charge in [0.05, 0.1) is 23.3 Å². The number of nitrogens with zero attached hydrogens (tertiary/aromatic N) is 2. The minimum absolute atomic E-state index is 0.577. The normalized spacial score (nSPS) is 10.0. The van der Waals surface area contributed by atoms with E-state index in [2.05, 4.69) is 12.1 Å². The summed E-state index contributed by atoms with van der Waals surface area (Å²) in [5.74, 6) is 0.731. The highest BCUT2D eigenvalue weighted by Crippen LogP contribution is 2.28. The lowest BCUT2D eigenvalue weighted by Crippen LogP contribution is -1.75. The quantitative estimate of drug-likeness (QED) is 0.653. The van der Waals surface area contributed by atoms with Gasteiger partial charge in [0.15, 0.2) is 0 Å². The molecule has 0 atom stereocenters. The number of rotatable bonds is 1. The van der Waals surface area contributed by atoms with Gasteiger partial charge in [-0.05, 0) is 48.5 Å². The van der Waals surface area contributed by atoms with E-state index in [-0.39, 0.29) is 0 Å². The monoisotopic (exact) mass is 244 g/mol. The van der Waals surface area contributed by atoms with E-state index in [1.165, 1.54) is 0 Å². The summed E-state index contributed by atoms with van der Waals surface area (Å²) in [5.41, 5.74) is 2.80. The molecule has 1 aromatic heterocycles. The summed E-state index contributed by atoms with van der Waals surface area (Å²) in [6, 6.07) is 18.7. The van der Waals surface area contributed by atoms with E-state index in [1.54, 1.807) is 24.3 Å². The van der Waals surface area contributed by atoms with Crippen LogP contribution in [-0.2, 0) is 0 Å². The van der Waals surface area contributed by atoms with E-state index in [9.17, 15) is 0 Å². The number of furan rings is 1. The lowest BCUT2D eigenvalue weighted by molar-refractivity contribution is 0.631. The SMILES string of the molecule is N#Cc1ccc(-c2cc3ccc(C#N)cc3o2)cc1. The van der Waals surface area contributed by atoms with Crippen LogP contribution in [0, 0.1) is 22.7 Å². The van der Waals surface area contributed by atoms with Crippen LogP contribution in [0.4, 0.5) is 0 Å². The van der Waals surface area contributed by atoms with Crippen molar-refractivity contribution >= 4 is 11.0 Å². The average Bonchev–Trinajstić information content (AvgIpc) is 2.90. The van der Waals surface area contributed by atoms with Gasteiger partial charge in [-0.15, -0.1) is 0 Å². The topological polar surface area (TPSA) is 60.7 Å². The van der Waals surface area contributed by atoms with E-state index < -0.39 is 0 Å². The number of hydrogen-bond acceptors (Lipinski definition) is 3. The van der Waals surface area contributed by atoms with Crippen molar-refractivity contribution in [3.05, 3.63) is 59.7 Å². The molecule has 0 spiro atoms. The summed E-state index contributed by atoms with van der Waals surface area (Å²) in [7, 11) is 0. The molecule has 3 rings (SSSR count). The Labute approximate surface area is 109 Å². The largest absolute Gasteiger partial charge is 0.456 e. The molecule has 3 heteroatoms. The second-order valence-corrected chi connectivity index (χ2v) is 4.16. The molecular formula is C16H8N2O. The maximum atomic E-state index is 8.86. The summed E-state index contributed by atoms with van der Waals surface area (Å²) in [5, 5.41) is 18.6. The lowest BCUT2D eigenvalue weighted by atomic mass is 10.1. The fraction of sp³-hybridized carbons (Fsp3) is 0. The van der Waals surface area contributed by atoms with E-state index in [0.717, 1.165) is 16.7 Å². The third-order valence-corrected chi connectivity index (χ3v) is 2.95. The maximum absolute atomic E-state index is 8.86. The molecule has 2 aromatic carbocycles. The fourth-order valence-corrected chi connectivity index (χ4v) is 1.95. The molecule has 0 bridgehead atoms. The van der Waals surface area contributed by atoms with Gasteiger partial charge in [-0.3, -0.25) is 0 Å². The first-order chi connectivity index (χ1) is 9.30. The van der Waals surface area contributed by atoms with Crippen LogP contribution in [0.5, 0.6) is 0 Å². The predicted octanol–water partition coefficient (Wildman–Crippen LogP) is 3.84. The average molecular weight is 244 g/mol. The van der Waals surface area contributed by atoms with Gasteiger partial charge in [0.2, 0.25) is 0 Å². The molecule has 0 aliphatic rings. The van der Waals surface area contributed by atoms with Crippen molar-refractivity contribution < 1.29 is 4.42 Å². The summed E-state index contributed by atoms with van der Waals surface area (Å²) in [6.45, 7) is 0. The lowest BCUT2D eigenvalue weighted by Gasteiger charge is -1.95. The Morgan fingerprint density at radius 2 is 1.47 bits per heavy atom. The van der Waals surface area contributed by atoms with Crippen molar-refractivity contribution in [3.63, 3.8) is 0 Å². The number of nitriles is 2. The second-order valence-electron chi connectivity index (χ2n) is 4.16. The van der Waals surface area contributed by atoms with Gasteiger partial charge in [0, 0.05) is 10.9 Å². The van der Waals surface area contributed by atoms with Gasteiger partial charge in [-0.1, -0.05) is 0 Å². The van der Waals surface area contributed by atoms with E-state index in [1.807, 2.05) is 24.3 Å². The van der Waals surface area contributed by atoms with Crippen LogP contribution in [0.2, 0.25) is 0 Å². The van der Waals surface area contributed by atoms with Crippen LogP contribution in [0.15, 0.2) is 52.9 Å². The van der Waals surface area contributed by atoms with Crippen LogP contribution < -0.4 is 0 Å². The molecule has 0 unspecified atom stereocenters. The van der Waals surface area contributed by atoms with Crippen molar-refractivity contribution in [3.8, 4) is 23.5 Å². The Hall–Kier alpha value is -3.04. The highest BCUT2D eigenvalue weighted by atomic mass is 16.3. The van der Waals surface area contributed by atoms with Crippen LogP contribution >= 0.6 is 0 Å². The third kappa shape index (κ3) is 1.94. The van der Waals surface area contributed by atoms with Crippen LogP contribution in [0.1, 0.15) is 11.1 Å². The predicted molar refractivity (Wildman–Crippen MR) is 71.1 cm³/mol. The molecule has 0 N–H and O–H groups in total. The minimum atomic E-state index is 0.577. The molecule has 0 aliphatic carbocycles. The third-order valence-electron chi connectivity index (χ3n) is 2.95. The van der Waals surface area contributed by atoms with Crippen LogP contribution in [0.3, 0.4) is 0 Å². The van der Waals surface area contributed by atoms with E-state index in [4.69, 9.17) is 14.9 Å². The van der Waals surface area contributed by atoms with Crippen molar-refractivity contribution in [1.29, 1.82) is 10.5 Å². The summed E-state index contributed by atoms with van der Waals surface area (Å²) in [6.07, 6.45) is 0. The number of fused-ring (bicyclic) bond motifs is 1. The molecule has 0 saturated carbocycles. The van der Waals surface area contributed by atoms with Gasteiger partial charge in [-0.2, -0.15) is 10.5 Å². The Bertz CT molecular complexity index is 830. The smallest absolute Gasteiger partial charge is 0.136 e. The number of hydrogen-bond donors (Lipinski definition) is 0. The first kappa shape index (κ1) is 11.1. The molecule has 0 radical (unpaired) electrons. The molecule has 0 saturated heterocycles. The second kappa shape index (κ2) is 4.33. The highest BCUT2D eigenvalue weighted by Gasteiger charge is 2.06. The molecule has 0 fully saturated rings. The minimum Gasteiger partial charge on any atom is -0.456 e. The van der Waals surface area contributed by atoms with Gasteiger partial charge in [0.1, 0.15) is 11.3 Å². The zero-order chi connectivity index (χ0) is 13.2. The number of benzene rings is 2. The van der Waals surface area contributed by atoms with Gasteiger partial charge >= 0.3 is 0 Å². The van der Waals surface area contributed by atoms with Gasteiger partial charge < -0.3 is 4.42 Å². The molecule has 0 aliphatic heterocycles. The Balaban J connectivity index is 2.10. The van der Waals surface area contributed by atoms with Crippen molar-refractivity contribution in [2.24, 2.45) is 0 Å². The summed E-state index contributed by atoms with van der Waals surface area (Å²) >= 11 is 0. The molecule has 3 aromatic rings. The molecule has 0 amide bonds. The van der Waals surface area contributed by atoms with Crippen LogP contribution in [0.25, 0.3) is 22.3 Å². The van der Waals surface area contributed by atoms with E-state index >= 15 is 0 Å². The summed E-state index contributed by atoms with van der Waals surface area (Å²) in [4.78, 5) is 0. The van der Waals surface area contributed by atoms with E-state index in [0.29, 0.717) is 16.7 Å². The first-order valence-electron chi connectivity index (χ1n) is 5.74.